The first-order valence-electron chi connectivity index (χ1n) is 8.85. The summed E-state index contributed by atoms with van der Waals surface area (Å²) in [5.41, 5.74) is 5.12. The van der Waals surface area contributed by atoms with Crippen molar-refractivity contribution in [3.63, 3.8) is 0 Å². The Morgan fingerprint density at radius 3 is 2.90 bits per heavy atom. The SMILES string of the molecule is Cc1ccc2c(c1)C(N1CCNCC13CCCCC3)CC2. The summed E-state index contributed by atoms with van der Waals surface area (Å²) in [5.74, 6) is 0. The summed E-state index contributed by atoms with van der Waals surface area (Å²) in [6.07, 6.45) is 9.70. The maximum atomic E-state index is 3.69. The van der Waals surface area contributed by atoms with Gasteiger partial charge in [0.05, 0.1) is 0 Å². The molecular weight excluding hydrogens is 256 g/mol. The number of hydrogen-bond acceptors (Lipinski definition) is 2. The van der Waals surface area contributed by atoms with E-state index in [4.69, 9.17) is 0 Å². The molecule has 2 nitrogen and oxygen atoms in total. The van der Waals surface area contributed by atoms with Crippen LogP contribution in [0.4, 0.5) is 0 Å². The fourth-order valence-corrected chi connectivity index (χ4v) is 5.04. The van der Waals surface area contributed by atoms with Crippen molar-refractivity contribution >= 4 is 0 Å². The van der Waals surface area contributed by atoms with E-state index in [0.29, 0.717) is 11.6 Å². The highest BCUT2D eigenvalue weighted by Gasteiger charge is 2.44. The van der Waals surface area contributed by atoms with Gasteiger partial charge in [-0.15, -0.1) is 0 Å². The summed E-state index contributed by atoms with van der Waals surface area (Å²) in [4.78, 5) is 2.91. The van der Waals surface area contributed by atoms with Crippen LogP contribution in [0.2, 0.25) is 0 Å². The Morgan fingerprint density at radius 2 is 2.05 bits per heavy atom. The molecule has 4 rings (SSSR count). The third-order valence-corrected chi connectivity index (χ3v) is 6.10. The lowest BCUT2D eigenvalue weighted by Gasteiger charge is -2.52. The molecule has 1 spiro atoms. The van der Waals surface area contributed by atoms with Crippen molar-refractivity contribution in [1.82, 2.24) is 10.2 Å². The van der Waals surface area contributed by atoms with Crippen molar-refractivity contribution in [1.29, 1.82) is 0 Å². The molecule has 21 heavy (non-hydrogen) atoms. The largest absolute Gasteiger partial charge is 0.314 e. The molecule has 1 aromatic rings. The van der Waals surface area contributed by atoms with Gasteiger partial charge >= 0.3 is 0 Å². The number of rotatable bonds is 1. The van der Waals surface area contributed by atoms with Gasteiger partial charge in [-0.05, 0) is 43.7 Å². The Bertz CT molecular complexity index is 508. The number of benzene rings is 1. The summed E-state index contributed by atoms with van der Waals surface area (Å²) in [7, 11) is 0. The molecule has 0 aromatic heterocycles. The summed E-state index contributed by atoms with van der Waals surface area (Å²) < 4.78 is 0. The lowest BCUT2D eigenvalue weighted by molar-refractivity contribution is -0.00796. The molecule has 1 unspecified atom stereocenters. The van der Waals surface area contributed by atoms with Crippen LogP contribution in [0.3, 0.4) is 0 Å². The van der Waals surface area contributed by atoms with Gasteiger partial charge in [0.2, 0.25) is 0 Å². The lowest BCUT2D eigenvalue weighted by atomic mass is 9.77. The second kappa shape index (κ2) is 5.40. The maximum Gasteiger partial charge on any atom is 0.0360 e. The minimum atomic E-state index is 0.451. The van der Waals surface area contributed by atoms with E-state index < -0.39 is 0 Å². The quantitative estimate of drug-likeness (QED) is 0.848. The van der Waals surface area contributed by atoms with Crippen molar-refractivity contribution in [2.45, 2.75) is 63.5 Å². The zero-order valence-corrected chi connectivity index (χ0v) is 13.3. The van der Waals surface area contributed by atoms with Gasteiger partial charge in [0.1, 0.15) is 0 Å². The predicted octanol–water partition coefficient (Wildman–Crippen LogP) is 3.59. The van der Waals surface area contributed by atoms with Crippen LogP contribution in [-0.2, 0) is 6.42 Å². The molecule has 1 saturated carbocycles. The van der Waals surface area contributed by atoms with Crippen LogP contribution in [0.15, 0.2) is 18.2 Å². The van der Waals surface area contributed by atoms with Crippen LogP contribution in [0, 0.1) is 6.92 Å². The molecule has 0 radical (unpaired) electrons. The van der Waals surface area contributed by atoms with Gasteiger partial charge in [-0.2, -0.15) is 0 Å². The van der Waals surface area contributed by atoms with E-state index in [9.17, 15) is 0 Å². The fourth-order valence-electron chi connectivity index (χ4n) is 5.04. The molecule has 114 valence electrons. The van der Waals surface area contributed by atoms with Crippen molar-refractivity contribution < 1.29 is 0 Å². The molecule has 2 fully saturated rings. The monoisotopic (exact) mass is 284 g/mol. The van der Waals surface area contributed by atoms with E-state index >= 15 is 0 Å². The van der Waals surface area contributed by atoms with Crippen LogP contribution in [-0.4, -0.2) is 30.1 Å². The zero-order chi connectivity index (χ0) is 14.3. The topological polar surface area (TPSA) is 15.3 Å². The van der Waals surface area contributed by atoms with Crippen LogP contribution >= 0.6 is 0 Å². The van der Waals surface area contributed by atoms with E-state index in [1.54, 1.807) is 11.1 Å². The molecule has 2 heteroatoms. The Kier molecular flexibility index (Phi) is 3.55. The van der Waals surface area contributed by atoms with Gasteiger partial charge in [0, 0.05) is 31.2 Å². The number of hydrogen-bond donors (Lipinski definition) is 1. The zero-order valence-electron chi connectivity index (χ0n) is 13.3. The summed E-state index contributed by atoms with van der Waals surface area (Å²) in [6.45, 7) is 5.85. The Labute approximate surface area is 128 Å². The van der Waals surface area contributed by atoms with Gasteiger partial charge < -0.3 is 5.32 Å². The molecule has 1 aromatic carbocycles. The van der Waals surface area contributed by atoms with Crippen molar-refractivity contribution in [3.8, 4) is 0 Å². The molecule has 1 aliphatic heterocycles. The standard InChI is InChI=1S/C19H28N2/c1-15-5-6-16-7-8-18(17(16)13-15)21-12-11-20-14-19(21)9-3-2-4-10-19/h5-6,13,18,20H,2-4,7-12,14H2,1H3. The van der Waals surface area contributed by atoms with Gasteiger partial charge in [0.15, 0.2) is 0 Å². The van der Waals surface area contributed by atoms with Crippen molar-refractivity contribution in [2.24, 2.45) is 0 Å². The predicted molar refractivity (Wildman–Crippen MR) is 87.6 cm³/mol. The van der Waals surface area contributed by atoms with Crippen molar-refractivity contribution in [2.75, 3.05) is 19.6 Å². The molecule has 1 saturated heterocycles. The highest BCUT2D eigenvalue weighted by Crippen LogP contribution is 2.44. The Hall–Kier alpha value is -0.860. The molecule has 1 atom stereocenters. The van der Waals surface area contributed by atoms with Crippen LogP contribution in [0.1, 0.15) is 61.3 Å². The first kappa shape index (κ1) is 13.8. The normalized spacial score (nSPS) is 28.7. The average molecular weight is 284 g/mol. The van der Waals surface area contributed by atoms with Gasteiger partial charge in [-0.25, -0.2) is 0 Å². The number of nitrogens with zero attached hydrogens (tertiary/aromatic N) is 1. The van der Waals surface area contributed by atoms with E-state index in [1.165, 1.54) is 70.1 Å². The second-order valence-corrected chi connectivity index (χ2v) is 7.41. The van der Waals surface area contributed by atoms with E-state index in [-0.39, 0.29) is 0 Å². The highest BCUT2D eigenvalue weighted by molar-refractivity contribution is 5.38. The third-order valence-electron chi connectivity index (χ3n) is 6.10. The van der Waals surface area contributed by atoms with Crippen LogP contribution < -0.4 is 5.32 Å². The molecule has 2 aliphatic carbocycles. The molecular formula is C19H28N2. The number of fused-ring (bicyclic) bond motifs is 1. The van der Waals surface area contributed by atoms with Crippen LogP contribution in [0.5, 0.6) is 0 Å². The lowest BCUT2D eigenvalue weighted by Crippen LogP contribution is -2.62. The fraction of sp³-hybridized carbons (Fsp3) is 0.684. The van der Waals surface area contributed by atoms with Crippen LogP contribution in [0.25, 0.3) is 0 Å². The first-order valence-corrected chi connectivity index (χ1v) is 8.85. The average Bonchev–Trinajstić information content (AvgIpc) is 2.91. The second-order valence-electron chi connectivity index (χ2n) is 7.41. The number of aryl methyl sites for hydroxylation is 2. The number of piperazine rings is 1. The summed E-state index contributed by atoms with van der Waals surface area (Å²) in [6, 6.07) is 7.81. The third kappa shape index (κ3) is 2.33. The van der Waals surface area contributed by atoms with E-state index in [0.717, 1.165) is 0 Å². The van der Waals surface area contributed by atoms with Crippen molar-refractivity contribution in [3.05, 3.63) is 34.9 Å². The number of nitrogens with one attached hydrogen (secondary N) is 1. The van der Waals surface area contributed by atoms with Gasteiger partial charge in [0.25, 0.3) is 0 Å². The highest BCUT2D eigenvalue weighted by atomic mass is 15.3. The first-order chi connectivity index (χ1) is 10.3. The molecule has 3 aliphatic rings. The minimum absolute atomic E-state index is 0.451. The van der Waals surface area contributed by atoms with Gasteiger partial charge in [-0.1, -0.05) is 43.0 Å². The molecule has 1 heterocycles. The Morgan fingerprint density at radius 1 is 1.19 bits per heavy atom. The smallest absolute Gasteiger partial charge is 0.0360 e. The Balaban J connectivity index is 1.67. The van der Waals surface area contributed by atoms with E-state index in [2.05, 4.69) is 35.3 Å². The molecule has 1 N–H and O–H groups in total. The molecule has 0 amide bonds. The minimum Gasteiger partial charge on any atom is -0.314 e. The summed E-state index contributed by atoms with van der Waals surface area (Å²) in [5, 5.41) is 3.69. The summed E-state index contributed by atoms with van der Waals surface area (Å²) >= 11 is 0. The molecule has 0 bridgehead atoms. The van der Waals surface area contributed by atoms with Gasteiger partial charge in [-0.3, -0.25) is 4.90 Å². The van der Waals surface area contributed by atoms with E-state index in [1.807, 2.05) is 0 Å². The maximum absolute atomic E-state index is 3.69.